The van der Waals surface area contributed by atoms with Gasteiger partial charge in [0.1, 0.15) is 4.91 Å². The molecule has 0 spiro atoms. The molecule has 5 heteroatoms. The molecule has 4 nitrogen and oxygen atoms in total. The molecule has 0 aromatic heterocycles. The molecule has 2 heterocycles. The van der Waals surface area contributed by atoms with Crippen molar-refractivity contribution in [2.75, 3.05) is 13.1 Å². The summed E-state index contributed by atoms with van der Waals surface area (Å²) in [5, 5.41) is 10.0. The van der Waals surface area contributed by atoms with Gasteiger partial charge in [0.2, 0.25) is 0 Å². The number of aliphatic imine (C=N–C) groups is 1. The van der Waals surface area contributed by atoms with E-state index >= 15 is 0 Å². The summed E-state index contributed by atoms with van der Waals surface area (Å²) in [7, 11) is 0. The summed E-state index contributed by atoms with van der Waals surface area (Å²) in [5.41, 5.74) is 1.82. The van der Waals surface area contributed by atoms with Crippen molar-refractivity contribution in [2.24, 2.45) is 4.99 Å². The molecule has 0 aromatic rings. The van der Waals surface area contributed by atoms with E-state index in [1.807, 2.05) is 23.1 Å². The first-order valence-corrected chi connectivity index (χ1v) is 5.95. The normalized spacial score (nSPS) is 22.6. The zero-order chi connectivity index (χ0) is 11.1. The number of amidine groups is 1. The maximum atomic E-state index is 11.2. The molecule has 1 N–H and O–H groups in total. The second kappa shape index (κ2) is 3.52. The van der Waals surface area contributed by atoms with Gasteiger partial charge in [-0.05, 0) is 23.8 Å². The van der Waals surface area contributed by atoms with Gasteiger partial charge in [0, 0.05) is 13.1 Å². The largest absolute Gasteiger partial charge is 0.477 e. The molecule has 0 fully saturated rings. The highest BCUT2D eigenvalue weighted by Crippen LogP contribution is 2.41. The van der Waals surface area contributed by atoms with E-state index in [-0.39, 0.29) is 0 Å². The highest BCUT2D eigenvalue weighted by atomic mass is 32.2. The molecular weight excluding hydrogens is 224 g/mol. The third-order valence-electron chi connectivity index (χ3n) is 2.72. The Morgan fingerprint density at radius 2 is 2.38 bits per heavy atom. The Balaban J connectivity index is 2.05. The summed E-state index contributed by atoms with van der Waals surface area (Å²) in [6.07, 6.45) is 6.79. The van der Waals surface area contributed by atoms with Crippen LogP contribution in [0.25, 0.3) is 0 Å². The lowest BCUT2D eigenvalue weighted by molar-refractivity contribution is -0.131. The number of carboxylic acids is 1. The first-order chi connectivity index (χ1) is 7.77. The molecule has 3 rings (SSSR count). The molecule has 0 saturated carbocycles. The predicted molar refractivity (Wildman–Crippen MR) is 63.1 cm³/mol. The summed E-state index contributed by atoms with van der Waals surface area (Å²) in [6, 6.07) is 0. The fourth-order valence-electron chi connectivity index (χ4n) is 1.92. The van der Waals surface area contributed by atoms with Crippen LogP contribution < -0.4 is 0 Å². The Labute approximate surface area is 97.0 Å². The van der Waals surface area contributed by atoms with Crippen LogP contribution in [0.1, 0.15) is 6.42 Å². The van der Waals surface area contributed by atoms with E-state index in [2.05, 4.69) is 4.99 Å². The van der Waals surface area contributed by atoms with Gasteiger partial charge >= 0.3 is 5.97 Å². The molecule has 3 aliphatic rings. The van der Waals surface area contributed by atoms with Gasteiger partial charge in [0.15, 0.2) is 5.17 Å². The lowest BCUT2D eigenvalue weighted by Gasteiger charge is -2.26. The van der Waals surface area contributed by atoms with Gasteiger partial charge in [-0.15, -0.1) is 0 Å². The van der Waals surface area contributed by atoms with Crippen LogP contribution in [0.15, 0.2) is 39.4 Å². The third kappa shape index (κ3) is 1.31. The zero-order valence-corrected chi connectivity index (χ0v) is 9.33. The average Bonchev–Trinajstić information content (AvgIpc) is 2.56. The number of aliphatic carboxylic acids is 1. The molecule has 2 aliphatic heterocycles. The number of hydrogen-bond acceptors (Lipinski definition) is 4. The van der Waals surface area contributed by atoms with Crippen molar-refractivity contribution in [3.05, 3.63) is 34.4 Å². The Kier molecular flexibility index (Phi) is 2.14. The number of fused-ring (bicyclic) bond motifs is 1. The monoisotopic (exact) mass is 234 g/mol. The number of rotatable bonds is 2. The highest BCUT2D eigenvalue weighted by Gasteiger charge is 2.35. The lowest BCUT2D eigenvalue weighted by atomic mass is 10.0. The van der Waals surface area contributed by atoms with E-state index in [1.165, 1.54) is 11.8 Å². The predicted octanol–water partition coefficient (Wildman–Crippen LogP) is 1.59. The lowest BCUT2D eigenvalue weighted by Crippen LogP contribution is -2.30. The first-order valence-electron chi connectivity index (χ1n) is 5.13. The fourth-order valence-corrected chi connectivity index (χ4v) is 2.97. The van der Waals surface area contributed by atoms with E-state index < -0.39 is 5.97 Å². The van der Waals surface area contributed by atoms with Gasteiger partial charge in [0.05, 0.1) is 5.70 Å². The van der Waals surface area contributed by atoms with Crippen molar-refractivity contribution in [1.29, 1.82) is 0 Å². The van der Waals surface area contributed by atoms with E-state index in [1.54, 1.807) is 0 Å². The van der Waals surface area contributed by atoms with E-state index in [0.717, 1.165) is 35.9 Å². The summed E-state index contributed by atoms with van der Waals surface area (Å²) >= 11 is 1.27. The summed E-state index contributed by atoms with van der Waals surface area (Å²) in [5.74, 6) is -0.863. The minimum atomic E-state index is -0.863. The molecule has 0 radical (unpaired) electrons. The standard InChI is InChI=1S/C11H10N2O2S/c14-10(15)9-8(7-3-1-4-7)13-6-2-5-12-11(13)16-9/h1,3-4H,2,5-6H2,(H,14,15). The molecular formula is C11H10N2O2S. The van der Waals surface area contributed by atoms with E-state index in [4.69, 9.17) is 0 Å². The minimum Gasteiger partial charge on any atom is -0.477 e. The molecule has 0 amide bonds. The van der Waals surface area contributed by atoms with Gasteiger partial charge in [-0.3, -0.25) is 4.99 Å². The topological polar surface area (TPSA) is 52.9 Å². The van der Waals surface area contributed by atoms with E-state index in [0.29, 0.717) is 4.91 Å². The van der Waals surface area contributed by atoms with Gasteiger partial charge in [-0.25, -0.2) is 4.79 Å². The Morgan fingerprint density at radius 3 is 3.00 bits per heavy atom. The van der Waals surface area contributed by atoms with Crippen LogP contribution in [0.2, 0.25) is 0 Å². The van der Waals surface area contributed by atoms with Gasteiger partial charge in [0.25, 0.3) is 0 Å². The van der Waals surface area contributed by atoms with Crippen LogP contribution in [0.5, 0.6) is 0 Å². The number of carboxylic acid groups (broad SMARTS) is 1. The van der Waals surface area contributed by atoms with Crippen LogP contribution in [-0.2, 0) is 4.79 Å². The number of thioether (sulfide) groups is 1. The number of carbonyl (C=O) groups is 1. The van der Waals surface area contributed by atoms with Crippen LogP contribution in [0, 0.1) is 0 Å². The van der Waals surface area contributed by atoms with Gasteiger partial charge in [-0.1, -0.05) is 18.2 Å². The van der Waals surface area contributed by atoms with Gasteiger partial charge in [-0.2, -0.15) is 0 Å². The summed E-state index contributed by atoms with van der Waals surface area (Å²) in [6.45, 7) is 1.66. The Morgan fingerprint density at radius 1 is 1.56 bits per heavy atom. The van der Waals surface area contributed by atoms with Crippen molar-refractivity contribution in [3.63, 3.8) is 0 Å². The molecule has 0 aromatic carbocycles. The van der Waals surface area contributed by atoms with Crippen molar-refractivity contribution >= 4 is 22.9 Å². The fraction of sp³-hybridized carbons (Fsp3) is 0.273. The Hall–Kier alpha value is -1.49. The second-order valence-corrected chi connectivity index (χ2v) is 4.71. The Bertz CT molecular complexity index is 488. The smallest absolute Gasteiger partial charge is 0.344 e. The molecule has 16 heavy (non-hydrogen) atoms. The van der Waals surface area contributed by atoms with Crippen LogP contribution in [0.3, 0.4) is 0 Å². The van der Waals surface area contributed by atoms with Crippen LogP contribution in [-0.4, -0.2) is 34.2 Å². The summed E-state index contributed by atoms with van der Waals surface area (Å²) in [4.78, 5) is 18.0. The molecule has 1 aliphatic carbocycles. The molecule has 82 valence electrons. The molecule has 0 atom stereocenters. The highest BCUT2D eigenvalue weighted by molar-refractivity contribution is 8.18. The second-order valence-electron chi connectivity index (χ2n) is 3.74. The SMILES string of the molecule is O=C(O)C1=C(C2=CC=C2)N2CCCN=C2S1. The zero-order valence-electron chi connectivity index (χ0n) is 8.51. The van der Waals surface area contributed by atoms with Crippen molar-refractivity contribution in [1.82, 2.24) is 4.90 Å². The number of hydrogen-bond donors (Lipinski definition) is 1. The quantitative estimate of drug-likeness (QED) is 0.788. The van der Waals surface area contributed by atoms with E-state index in [9.17, 15) is 9.90 Å². The third-order valence-corrected chi connectivity index (χ3v) is 3.82. The first kappa shape index (κ1) is 9.72. The molecule has 0 unspecified atom stereocenters. The van der Waals surface area contributed by atoms with Crippen LogP contribution in [0.4, 0.5) is 0 Å². The maximum Gasteiger partial charge on any atom is 0.344 e. The number of allylic oxidation sites excluding steroid dienone is 3. The molecule has 0 bridgehead atoms. The van der Waals surface area contributed by atoms with Crippen molar-refractivity contribution in [3.8, 4) is 0 Å². The minimum absolute atomic E-state index is 0.399. The number of nitrogens with zero attached hydrogens (tertiary/aromatic N) is 2. The van der Waals surface area contributed by atoms with Gasteiger partial charge < -0.3 is 10.0 Å². The van der Waals surface area contributed by atoms with Crippen LogP contribution >= 0.6 is 11.8 Å². The van der Waals surface area contributed by atoms with Crippen molar-refractivity contribution < 1.29 is 9.90 Å². The maximum absolute atomic E-state index is 11.2. The summed E-state index contributed by atoms with van der Waals surface area (Å²) < 4.78 is 0. The van der Waals surface area contributed by atoms with Crippen molar-refractivity contribution in [2.45, 2.75) is 6.42 Å². The molecule has 0 saturated heterocycles. The average molecular weight is 234 g/mol.